The van der Waals surface area contributed by atoms with Crippen LogP contribution in [0.3, 0.4) is 0 Å². The summed E-state index contributed by atoms with van der Waals surface area (Å²) in [4.78, 5) is 24.1. The number of piperazine rings is 1. The predicted molar refractivity (Wildman–Crippen MR) is 136 cm³/mol. The summed E-state index contributed by atoms with van der Waals surface area (Å²) in [5.74, 6) is -0.0317. The molecule has 5 rings (SSSR count). The summed E-state index contributed by atoms with van der Waals surface area (Å²) in [6.45, 7) is 9.90. The van der Waals surface area contributed by atoms with Crippen LogP contribution in [0.5, 0.6) is 0 Å². The normalized spacial score (nSPS) is 14.7. The van der Waals surface area contributed by atoms with Gasteiger partial charge in [0, 0.05) is 68.9 Å². The molecule has 0 atom stereocenters. The first-order valence-electron chi connectivity index (χ1n) is 11.4. The fraction of sp³-hybridized carbons (Fsp3) is 0.308. The zero-order valence-electron chi connectivity index (χ0n) is 19.1. The second kappa shape index (κ2) is 9.37. The summed E-state index contributed by atoms with van der Waals surface area (Å²) in [5.41, 5.74) is 4.97. The Morgan fingerprint density at radius 3 is 2.61 bits per heavy atom. The van der Waals surface area contributed by atoms with E-state index >= 15 is 0 Å². The van der Waals surface area contributed by atoms with Crippen molar-refractivity contribution in [3.63, 3.8) is 0 Å². The van der Waals surface area contributed by atoms with Gasteiger partial charge in [0.15, 0.2) is 0 Å². The Morgan fingerprint density at radius 1 is 1.03 bits per heavy atom. The van der Waals surface area contributed by atoms with Gasteiger partial charge in [0.2, 0.25) is 0 Å². The standard InChI is InChI=1S/C26H29N5OS/c1-19-7-5-9-22(20(19)2)30-17-15-29(16-18-30)14-11-27-25(32)24-23(31-12-3-4-13-31)21-8-6-10-28-26(21)33-24/h3-10,12-13H,11,14-18H2,1-2H3,(H,27,32). The molecule has 0 aliphatic carbocycles. The number of nitrogens with one attached hydrogen (secondary N) is 1. The van der Waals surface area contributed by atoms with Gasteiger partial charge in [0.25, 0.3) is 5.91 Å². The van der Waals surface area contributed by atoms with Gasteiger partial charge in [-0.25, -0.2) is 4.98 Å². The number of hydrogen-bond donors (Lipinski definition) is 1. The first-order chi connectivity index (χ1) is 16.1. The van der Waals surface area contributed by atoms with E-state index in [1.165, 1.54) is 28.2 Å². The molecule has 4 heterocycles. The van der Waals surface area contributed by atoms with Gasteiger partial charge in [-0.15, -0.1) is 11.3 Å². The summed E-state index contributed by atoms with van der Waals surface area (Å²) >= 11 is 1.45. The second-order valence-corrected chi connectivity index (χ2v) is 9.53. The largest absolute Gasteiger partial charge is 0.369 e. The first-order valence-corrected chi connectivity index (χ1v) is 12.3. The van der Waals surface area contributed by atoms with Crippen LogP contribution in [0.4, 0.5) is 5.69 Å². The van der Waals surface area contributed by atoms with Crippen LogP contribution in [0, 0.1) is 13.8 Å². The van der Waals surface area contributed by atoms with Crippen LogP contribution in [-0.2, 0) is 0 Å². The zero-order valence-corrected chi connectivity index (χ0v) is 19.9. The van der Waals surface area contributed by atoms with E-state index in [1.54, 1.807) is 6.20 Å². The lowest BCUT2D eigenvalue weighted by Crippen LogP contribution is -2.48. The highest BCUT2D eigenvalue weighted by Crippen LogP contribution is 2.33. The molecule has 1 saturated heterocycles. The monoisotopic (exact) mass is 459 g/mol. The summed E-state index contributed by atoms with van der Waals surface area (Å²) in [6.07, 6.45) is 5.72. The Hall–Kier alpha value is -3.16. The van der Waals surface area contributed by atoms with E-state index in [-0.39, 0.29) is 5.91 Å². The number of carbonyl (C=O) groups excluding carboxylic acids is 1. The molecular formula is C26H29N5OS. The molecule has 0 bridgehead atoms. The van der Waals surface area contributed by atoms with Crippen LogP contribution in [-0.4, -0.2) is 59.6 Å². The molecule has 1 amide bonds. The molecule has 33 heavy (non-hydrogen) atoms. The summed E-state index contributed by atoms with van der Waals surface area (Å²) in [6, 6.07) is 14.4. The van der Waals surface area contributed by atoms with Crippen molar-refractivity contribution in [3.8, 4) is 5.69 Å². The van der Waals surface area contributed by atoms with E-state index in [2.05, 4.69) is 52.1 Å². The zero-order chi connectivity index (χ0) is 22.8. The number of benzene rings is 1. The van der Waals surface area contributed by atoms with E-state index < -0.39 is 0 Å². The quantitative estimate of drug-likeness (QED) is 0.468. The van der Waals surface area contributed by atoms with Crippen molar-refractivity contribution in [1.82, 2.24) is 19.8 Å². The first kappa shape index (κ1) is 21.7. The van der Waals surface area contributed by atoms with Gasteiger partial charge in [0.1, 0.15) is 9.71 Å². The lowest BCUT2D eigenvalue weighted by atomic mass is 10.1. The van der Waals surface area contributed by atoms with Gasteiger partial charge in [-0.05, 0) is 55.3 Å². The number of anilines is 1. The fourth-order valence-electron chi connectivity index (χ4n) is 4.51. The minimum atomic E-state index is -0.0317. The molecule has 0 saturated carbocycles. The molecule has 1 fully saturated rings. The molecule has 0 radical (unpaired) electrons. The van der Waals surface area contributed by atoms with Crippen LogP contribution in [0.15, 0.2) is 61.1 Å². The predicted octanol–water partition coefficient (Wildman–Crippen LogP) is 4.26. The molecule has 1 aliphatic heterocycles. The molecule has 0 unspecified atom stereocenters. The highest BCUT2D eigenvalue weighted by molar-refractivity contribution is 7.21. The maximum atomic E-state index is 13.1. The van der Waals surface area contributed by atoms with E-state index in [1.807, 2.05) is 41.2 Å². The van der Waals surface area contributed by atoms with Crippen molar-refractivity contribution in [1.29, 1.82) is 0 Å². The number of hydrogen-bond acceptors (Lipinski definition) is 5. The number of pyridine rings is 1. The van der Waals surface area contributed by atoms with Crippen molar-refractivity contribution < 1.29 is 4.79 Å². The molecule has 1 aliphatic rings. The summed E-state index contributed by atoms with van der Waals surface area (Å²) in [7, 11) is 0. The number of rotatable bonds is 6. The number of amides is 1. The number of carbonyl (C=O) groups is 1. The smallest absolute Gasteiger partial charge is 0.263 e. The Bertz CT molecular complexity index is 1260. The van der Waals surface area contributed by atoms with Gasteiger partial charge in [0.05, 0.1) is 5.69 Å². The molecule has 6 nitrogen and oxygen atoms in total. The summed E-state index contributed by atoms with van der Waals surface area (Å²) in [5, 5.41) is 4.15. The maximum absolute atomic E-state index is 13.1. The van der Waals surface area contributed by atoms with E-state index in [9.17, 15) is 4.79 Å². The Morgan fingerprint density at radius 2 is 1.82 bits per heavy atom. The van der Waals surface area contributed by atoms with Crippen LogP contribution < -0.4 is 10.2 Å². The molecular weight excluding hydrogens is 430 g/mol. The van der Waals surface area contributed by atoms with Crippen molar-refractivity contribution in [2.24, 2.45) is 0 Å². The highest BCUT2D eigenvalue weighted by Gasteiger charge is 2.21. The lowest BCUT2D eigenvalue weighted by Gasteiger charge is -2.37. The number of aromatic nitrogens is 2. The van der Waals surface area contributed by atoms with E-state index in [4.69, 9.17) is 0 Å². The van der Waals surface area contributed by atoms with Gasteiger partial charge < -0.3 is 14.8 Å². The third-order valence-corrected chi connectivity index (χ3v) is 7.61. The van der Waals surface area contributed by atoms with Gasteiger partial charge in [-0.1, -0.05) is 12.1 Å². The SMILES string of the molecule is Cc1cccc(N2CCN(CCNC(=O)c3sc4ncccc4c3-n3cccc3)CC2)c1C. The van der Waals surface area contributed by atoms with E-state index in [0.717, 1.165) is 48.6 Å². The molecule has 7 heteroatoms. The fourth-order valence-corrected chi connectivity index (χ4v) is 5.57. The minimum absolute atomic E-state index is 0.0317. The molecule has 1 aromatic carbocycles. The number of fused-ring (bicyclic) bond motifs is 1. The molecule has 3 aromatic heterocycles. The van der Waals surface area contributed by atoms with Crippen molar-refractivity contribution in [2.45, 2.75) is 13.8 Å². The molecule has 170 valence electrons. The topological polar surface area (TPSA) is 53.4 Å². The highest BCUT2D eigenvalue weighted by atomic mass is 32.1. The number of aryl methyl sites for hydroxylation is 1. The molecule has 1 N–H and O–H groups in total. The average Bonchev–Trinajstić information content (AvgIpc) is 3.49. The maximum Gasteiger partial charge on any atom is 0.263 e. The van der Waals surface area contributed by atoms with Crippen LogP contribution in [0.1, 0.15) is 20.8 Å². The third-order valence-electron chi connectivity index (χ3n) is 6.51. The Labute approximate surface area is 198 Å². The van der Waals surface area contributed by atoms with Crippen LogP contribution in [0.25, 0.3) is 15.9 Å². The van der Waals surface area contributed by atoms with Crippen LogP contribution in [0.2, 0.25) is 0 Å². The number of thiophene rings is 1. The molecule has 4 aromatic rings. The minimum Gasteiger partial charge on any atom is -0.369 e. The van der Waals surface area contributed by atoms with Gasteiger partial charge in [-0.3, -0.25) is 9.69 Å². The van der Waals surface area contributed by atoms with Gasteiger partial charge in [-0.2, -0.15) is 0 Å². The summed E-state index contributed by atoms with van der Waals surface area (Å²) < 4.78 is 2.00. The van der Waals surface area contributed by atoms with Crippen LogP contribution >= 0.6 is 11.3 Å². The van der Waals surface area contributed by atoms with Gasteiger partial charge >= 0.3 is 0 Å². The second-order valence-electron chi connectivity index (χ2n) is 8.53. The van der Waals surface area contributed by atoms with Crippen molar-refractivity contribution in [3.05, 3.63) is 77.1 Å². The van der Waals surface area contributed by atoms with E-state index in [0.29, 0.717) is 11.4 Å². The van der Waals surface area contributed by atoms with Crippen molar-refractivity contribution >= 4 is 33.1 Å². The Kier molecular flexibility index (Phi) is 6.15. The Balaban J connectivity index is 1.20. The van der Waals surface area contributed by atoms with Crippen molar-refractivity contribution in [2.75, 3.05) is 44.2 Å². The molecule has 0 spiro atoms. The number of nitrogens with zero attached hydrogens (tertiary/aromatic N) is 4. The third kappa shape index (κ3) is 4.38. The average molecular weight is 460 g/mol. The lowest BCUT2D eigenvalue weighted by molar-refractivity contribution is 0.0952.